The number of nitrogens with zero attached hydrogens (tertiary/aromatic N) is 2. The van der Waals surface area contributed by atoms with Crippen molar-refractivity contribution in [2.45, 2.75) is 50.0 Å². The van der Waals surface area contributed by atoms with Crippen LogP contribution in [0, 0.1) is 11.3 Å². The van der Waals surface area contributed by atoms with Gasteiger partial charge in [0.05, 0.1) is 15.5 Å². The summed E-state index contributed by atoms with van der Waals surface area (Å²) in [4.78, 5) is 0.166. The molecule has 1 saturated carbocycles. The topological polar surface area (TPSA) is 61.2 Å². The van der Waals surface area contributed by atoms with Crippen LogP contribution in [-0.2, 0) is 10.0 Å². The van der Waals surface area contributed by atoms with E-state index < -0.39 is 10.0 Å². The second kappa shape index (κ2) is 6.78. The normalized spacial score (nSPS) is 16.9. The third kappa shape index (κ3) is 3.39. The summed E-state index contributed by atoms with van der Waals surface area (Å²) >= 11 is 5.96. The van der Waals surface area contributed by atoms with E-state index in [1.54, 1.807) is 4.31 Å². The molecular weight excluding hydrogens is 308 g/mol. The van der Waals surface area contributed by atoms with Crippen LogP contribution in [0.5, 0.6) is 0 Å². The predicted molar refractivity (Wildman–Crippen MR) is 82.6 cm³/mol. The highest BCUT2D eigenvalue weighted by Gasteiger charge is 2.31. The molecule has 1 aliphatic rings. The molecule has 1 aromatic rings. The number of hydrogen-bond donors (Lipinski definition) is 0. The van der Waals surface area contributed by atoms with E-state index in [2.05, 4.69) is 0 Å². The Bertz CT molecular complexity index is 646. The summed E-state index contributed by atoms with van der Waals surface area (Å²) in [5, 5.41) is 9.06. The standard InChI is InChI=1S/C15H19ClN2O2S/c1-2-18(13-6-4-3-5-7-13)21(19,20)14-9-8-12(11-17)15(16)10-14/h8-10,13H,2-7H2,1H3. The van der Waals surface area contributed by atoms with Crippen molar-refractivity contribution in [2.24, 2.45) is 0 Å². The van der Waals surface area contributed by atoms with E-state index >= 15 is 0 Å². The van der Waals surface area contributed by atoms with Gasteiger partial charge in [0.25, 0.3) is 0 Å². The fourth-order valence-electron chi connectivity index (χ4n) is 2.88. The number of hydrogen-bond acceptors (Lipinski definition) is 3. The number of sulfonamides is 1. The van der Waals surface area contributed by atoms with Gasteiger partial charge in [-0.1, -0.05) is 37.8 Å². The molecule has 2 rings (SSSR count). The van der Waals surface area contributed by atoms with Crippen LogP contribution in [-0.4, -0.2) is 25.3 Å². The van der Waals surface area contributed by atoms with Crippen molar-refractivity contribution < 1.29 is 8.42 Å². The summed E-state index contributed by atoms with van der Waals surface area (Å²) in [7, 11) is -3.56. The van der Waals surface area contributed by atoms with Crippen LogP contribution in [0.4, 0.5) is 0 Å². The molecule has 0 saturated heterocycles. The van der Waals surface area contributed by atoms with Gasteiger partial charge >= 0.3 is 0 Å². The van der Waals surface area contributed by atoms with Gasteiger partial charge in [0.2, 0.25) is 10.0 Å². The highest BCUT2D eigenvalue weighted by Crippen LogP contribution is 2.29. The number of benzene rings is 1. The minimum absolute atomic E-state index is 0.0724. The number of rotatable bonds is 4. The summed E-state index contributed by atoms with van der Waals surface area (Å²) in [5.41, 5.74) is 0.288. The molecule has 0 aromatic heterocycles. The molecule has 0 unspecified atom stereocenters. The second-order valence-corrected chi connectivity index (χ2v) is 7.55. The van der Waals surface area contributed by atoms with Crippen LogP contribution in [0.3, 0.4) is 0 Å². The SMILES string of the molecule is CCN(C1CCCCC1)S(=O)(=O)c1ccc(C#N)c(Cl)c1. The Morgan fingerprint density at radius 1 is 1.33 bits per heavy atom. The molecule has 0 amide bonds. The maximum absolute atomic E-state index is 12.8. The predicted octanol–water partition coefficient (Wildman–Crippen LogP) is 3.55. The average molecular weight is 327 g/mol. The Kier molecular flexibility index (Phi) is 5.26. The third-order valence-corrected chi connectivity index (χ3v) is 6.30. The smallest absolute Gasteiger partial charge is 0.207 e. The lowest BCUT2D eigenvalue weighted by Gasteiger charge is -2.32. The van der Waals surface area contributed by atoms with Crippen LogP contribution < -0.4 is 0 Å². The Labute approximate surface area is 131 Å². The summed E-state index contributed by atoms with van der Waals surface area (Å²) < 4.78 is 27.2. The average Bonchev–Trinajstić information content (AvgIpc) is 2.48. The molecule has 6 heteroatoms. The third-order valence-electron chi connectivity index (χ3n) is 3.96. The van der Waals surface area contributed by atoms with Crippen molar-refractivity contribution >= 4 is 21.6 Å². The Morgan fingerprint density at radius 3 is 2.52 bits per heavy atom. The molecule has 0 heterocycles. The summed E-state index contributed by atoms with van der Waals surface area (Å²) in [5.74, 6) is 0. The van der Waals surface area contributed by atoms with Gasteiger partial charge in [0.15, 0.2) is 0 Å². The molecule has 0 spiro atoms. The molecule has 0 aliphatic heterocycles. The minimum Gasteiger partial charge on any atom is -0.207 e. The van der Waals surface area contributed by atoms with Crippen molar-refractivity contribution in [1.82, 2.24) is 4.31 Å². The van der Waals surface area contributed by atoms with Gasteiger partial charge in [-0.05, 0) is 31.0 Å². The van der Waals surface area contributed by atoms with Gasteiger partial charge in [0, 0.05) is 12.6 Å². The summed E-state index contributed by atoms with van der Waals surface area (Å²) in [6, 6.07) is 6.31. The molecule has 0 atom stereocenters. The number of nitriles is 1. The molecule has 4 nitrogen and oxygen atoms in total. The lowest BCUT2D eigenvalue weighted by Crippen LogP contribution is -2.41. The highest BCUT2D eigenvalue weighted by atomic mass is 35.5. The Morgan fingerprint density at radius 2 is 2.00 bits per heavy atom. The molecule has 114 valence electrons. The molecule has 21 heavy (non-hydrogen) atoms. The quantitative estimate of drug-likeness (QED) is 0.850. The van der Waals surface area contributed by atoms with Crippen LogP contribution in [0.15, 0.2) is 23.1 Å². The fourth-order valence-corrected chi connectivity index (χ4v) is 4.88. The highest BCUT2D eigenvalue weighted by molar-refractivity contribution is 7.89. The van der Waals surface area contributed by atoms with Gasteiger partial charge < -0.3 is 0 Å². The van der Waals surface area contributed by atoms with E-state index in [0.717, 1.165) is 25.7 Å². The van der Waals surface area contributed by atoms with Gasteiger partial charge in [0.1, 0.15) is 6.07 Å². The number of halogens is 1. The van der Waals surface area contributed by atoms with E-state index in [-0.39, 0.29) is 21.5 Å². The fraction of sp³-hybridized carbons (Fsp3) is 0.533. The van der Waals surface area contributed by atoms with E-state index in [1.165, 1.54) is 24.6 Å². The lowest BCUT2D eigenvalue weighted by atomic mass is 9.95. The second-order valence-electron chi connectivity index (χ2n) is 5.25. The zero-order valence-corrected chi connectivity index (χ0v) is 13.6. The monoisotopic (exact) mass is 326 g/mol. The summed E-state index contributed by atoms with van der Waals surface area (Å²) in [6.45, 7) is 2.31. The molecular formula is C15H19ClN2O2S. The summed E-state index contributed by atoms with van der Waals surface area (Å²) in [6.07, 6.45) is 5.15. The van der Waals surface area contributed by atoms with Crippen LogP contribution in [0.25, 0.3) is 0 Å². The maximum Gasteiger partial charge on any atom is 0.243 e. The molecule has 1 fully saturated rings. The first-order chi connectivity index (χ1) is 10.0. The van der Waals surface area contributed by atoms with Crippen LogP contribution >= 0.6 is 11.6 Å². The van der Waals surface area contributed by atoms with Gasteiger partial charge in [-0.3, -0.25) is 0 Å². The molecule has 0 N–H and O–H groups in total. The van der Waals surface area contributed by atoms with Crippen LogP contribution in [0.2, 0.25) is 5.02 Å². The van der Waals surface area contributed by atoms with Crippen molar-refractivity contribution in [2.75, 3.05) is 6.54 Å². The van der Waals surface area contributed by atoms with Crippen LogP contribution in [0.1, 0.15) is 44.6 Å². The van der Waals surface area contributed by atoms with E-state index in [0.29, 0.717) is 6.54 Å². The first kappa shape index (κ1) is 16.3. The molecule has 1 aromatic carbocycles. The van der Waals surface area contributed by atoms with Crippen molar-refractivity contribution in [3.05, 3.63) is 28.8 Å². The van der Waals surface area contributed by atoms with Gasteiger partial charge in [-0.25, -0.2) is 8.42 Å². The van der Waals surface area contributed by atoms with Crippen molar-refractivity contribution in [3.63, 3.8) is 0 Å². The molecule has 1 aliphatic carbocycles. The first-order valence-electron chi connectivity index (χ1n) is 7.22. The lowest BCUT2D eigenvalue weighted by molar-refractivity contribution is 0.261. The largest absolute Gasteiger partial charge is 0.243 e. The minimum atomic E-state index is -3.56. The van der Waals surface area contributed by atoms with Gasteiger partial charge in [-0.2, -0.15) is 9.57 Å². The zero-order valence-electron chi connectivity index (χ0n) is 12.0. The van der Waals surface area contributed by atoms with E-state index in [1.807, 2.05) is 13.0 Å². The Hall–Kier alpha value is -1.09. The van der Waals surface area contributed by atoms with E-state index in [4.69, 9.17) is 16.9 Å². The van der Waals surface area contributed by atoms with E-state index in [9.17, 15) is 8.42 Å². The zero-order chi connectivity index (χ0) is 15.5. The van der Waals surface area contributed by atoms with Crippen molar-refractivity contribution in [3.8, 4) is 6.07 Å². The maximum atomic E-state index is 12.8. The first-order valence-corrected chi connectivity index (χ1v) is 9.04. The van der Waals surface area contributed by atoms with Gasteiger partial charge in [-0.15, -0.1) is 0 Å². The molecule has 0 radical (unpaired) electrons. The van der Waals surface area contributed by atoms with Crippen molar-refractivity contribution in [1.29, 1.82) is 5.26 Å². The molecule has 0 bridgehead atoms. The Balaban J connectivity index is 2.35.